The predicted molar refractivity (Wildman–Crippen MR) is 125 cm³/mol. The van der Waals surface area contributed by atoms with Gasteiger partial charge in [-0.3, -0.25) is 9.69 Å². The molecule has 1 fully saturated rings. The molecule has 0 aromatic carbocycles. The number of aromatic nitrogens is 4. The first-order chi connectivity index (χ1) is 15.9. The van der Waals surface area contributed by atoms with Crippen molar-refractivity contribution in [1.82, 2.24) is 24.9 Å². The number of hydrogen-bond donors (Lipinski definition) is 3. The van der Waals surface area contributed by atoms with Gasteiger partial charge in [-0.1, -0.05) is 0 Å². The number of fused-ring (bicyclic) bond motifs is 2. The molecule has 11 nitrogen and oxygen atoms in total. The molecule has 2 aliphatic heterocycles. The number of amides is 2. The molecular formula is C22H28N8O3. The predicted octanol–water partition coefficient (Wildman–Crippen LogP) is 1.91. The van der Waals surface area contributed by atoms with Gasteiger partial charge < -0.3 is 20.6 Å². The number of urea groups is 1. The summed E-state index contributed by atoms with van der Waals surface area (Å²) in [6.45, 7) is 8.52. The largest absolute Gasteiger partial charge is 0.483 e. The van der Waals surface area contributed by atoms with E-state index >= 15 is 0 Å². The van der Waals surface area contributed by atoms with Crippen molar-refractivity contribution in [2.24, 2.45) is 0 Å². The minimum atomic E-state index is -0.250. The number of piperazine rings is 1. The molecule has 33 heavy (non-hydrogen) atoms. The molecule has 3 N–H and O–H groups in total. The topological polar surface area (TPSA) is 128 Å². The Morgan fingerprint density at radius 1 is 1.24 bits per heavy atom. The summed E-state index contributed by atoms with van der Waals surface area (Å²) in [5, 5.41) is 17.7. The Bertz CT molecular complexity index is 1150. The Morgan fingerprint density at radius 2 is 1.97 bits per heavy atom. The number of rotatable bonds is 2. The number of anilines is 3. The van der Waals surface area contributed by atoms with Crippen LogP contribution in [0, 0.1) is 6.92 Å². The van der Waals surface area contributed by atoms with Gasteiger partial charge in [0.15, 0.2) is 5.65 Å². The summed E-state index contributed by atoms with van der Waals surface area (Å²) in [7, 11) is 0. The van der Waals surface area contributed by atoms with Crippen LogP contribution < -0.4 is 20.4 Å². The fraction of sp³-hybridized carbons (Fsp3) is 0.409. The average Bonchev–Trinajstić information content (AvgIpc) is 3.35. The summed E-state index contributed by atoms with van der Waals surface area (Å²) in [5.41, 5.74) is 3.76. The molecule has 3 aromatic rings. The van der Waals surface area contributed by atoms with Gasteiger partial charge in [0.25, 0.3) is 6.47 Å². The molecule has 2 amide bonds. The highest BCUT2D eigenvalue weighted by Gasteiger charge is 2.31. The van der Waals surface area contributed by atoms with Gasteiger partial charge in [-0.2, -0.15) is 5.10 Å². The molecule has 0 unspecified atom stereocenters. The fourth-order valence-electron chi connectivity index (χ4n) is 4.55. The van der Waals surface area contributed by atoms with E-state index in [1.165, 1.54) is 5.69 Å². The lowest BCUT2D eigenvalue weighted by atomic mass is 10.1. The molecule has 2 aliphatic rings. The van der Waals surface area contributed by atoms with E-state index in [9.17, 15) is 4.79 Å². The van der Waals surface area contributed by atoms with Crippen molar-refractivity contribution >= 4 is 35.3 Å². The quantitative estimate of drug-likeness (QED) is 0.503. The lowest BCUT2D eigenvalue weighted by molar-refractivity contribution is -0.122. The van der Waals surface area contributed by atoms with Crippen LogP contribution in [0.2, 0.25) is 0 Å². The fourth-order valence-corrected chi connectivity index (χ4v) is 4.55. The number of aryl methyl sites for hydroxylation is 1. The van der Waals surface area contributed by atoms with Crippen molar-refractivity contribution < 1.29 is 14.7 Å². The highest BCUT2D eigenvalue weighted by Crippen LogP contribution is 2.34. The third-order valence-corrected chi connectivity index (χ3v) is 5.68. The smallest absolute Gasteiger partial charge is 0.327 e. The van der Waals surface area contributed by atoms with E-state index in [2.05, 4.69) is 50.5 Å². The highest BCUT2D eigenvalue weighted by atomic mass is 16.3. The molecule has 0 spiro atoms. The van der Waals surface area contributed by atoms with Gasteiger partial charge in [-0.25, -0.2) is 19.3 Å². The maximum absolute atomic E-state index is 13.0. The number of carbonyl (C=O) groups excluding carboxylic acids is 1. The zero-order valence-electron chi connectivity index (χ0n) is 18.9. The van der Waals surface area contributed by atoms with Crippen LogP contribution in [0.4, 0.5) is 22.0 Å². The SMILES string of the molecule is Cc1nc2ccc(NC(=O)N3CCc4c(N5C[C@@H](C)N[C@@H](C)C5)ccnc43)cn2n1.O=CO. The van der Waals surface area contributed by atoms with Gasteiger partial charge in [0.1, 0.15) is 11.6 Å². The number of nitrogens with one attached hydrogen (secondary N) is 2. The van der Waals surface area contributed by atoms with Gasteiger partial charge in [-0.05, 0) is 45.4 Å². The maximum Gasteiger partial charge on any atom is 0.327 e. The van der Waals surface area contributed by atoms with E-state index in [-0.39, 0.29) is 12.5 Å². The van der Waals surface area contributed by atoms with E-state index in [0.29, 0.717) is 30.1 Å². The van der Waals surface area contributed by atoms with E-state index in [1.54, 1.807) is 21.8 Å². The molecule has 3 aromatic heterocycles. The Morgan fingerprint density at radius 3 is 2.70 bits per heavy atom. The number of carbonyl (C=O) groups is 2. The van der Waals surface area contributed by atoms with Gasteiger partial charge in [-0.15, -0.1) is 0 Å². The van der Waals surface area contributed by atoms with Crippen LogP contribution in [0.3, 0.4) is 0 Å². The van der Waals surface area contributed by atoms with Crippen LogP contribution in [0.25, 0.3) is 5.65 Å². The second kappa shape index (κ2) is 9.41. The molecule has 5 heterocycles. The minimum Gasteiger partial charge on any atom is -0.483 e. The third-order valence-electron chi connectivity index (χ3n) is 5.68. The molecule has 0 aliphatic carbocycles. The first kappa shape index (κ1) is 22.5. The van der Waals surface area contributed by atoms with Crippen LogP contribution >= 0.6 is 0 Å². The van der Waals surface area contributed by atoms with Crippen molar-refractivity contribution in [3.8, 4) is 0 Å². The van der Waals surface area contributed by atoms with Gasteiger partial charge in [0.05, 0.1) is 11.9 Å². The summed E-state index contributed by atoms with van der Waals surface area (Å²) in [4.78, 5) is 34.4. The normalized spacial score (nSPS) is 19.6. The second-order valence-electron chi connectivity index (χ2n) is 8.32. The van der Waals surface area contributed by atoms with Crippen LogP contribution in [0.15, 0.2) is 30.6 Å². The van der Waals surface area contributed by atoms with Crippen LogP contribution in [-0.2, 0) is 11.2 Å². The summed E-state index contributed by atoms with van der Waals surface area (Å²) in [5.74, 6) is 1.45. The van der Waals surface area contributed by atoms with Crippen molar-refractivity contribution in [2.75, 3.05) is 34.8 Å². The molecule has 0 bridgehead atoms. The molecule has 174 valence electrons. The van der Waals surface area contributed by atoms with Crippen molar-refractivity contribution in [3.05, 3.63) is 42.0 Å². The molecular weight excluding hydrogens is 424 g/mol. The van der Waals surface area contributed by atoms with Gasteiger partial charge in [0.2, 0.25) is 0 Å². The van der Waals surface area contributed by atoms with E-state index in [4.69, 9.17) is 9.90 Å². The number of pyridine rings is 2. The Labute approximate surface area is 191 Å². The molecule has 0 radical (unpaired) electrons. The van der Waals surface area contributed by atoms with Crippen LogP contribution in [0.5, 0.6) is 0 Å². The Hall–Kier alpha value is -3.73. The summed E-state index contributed by atoms with van der Waals surface area (Å²) < 4.78 is 1.67. The Kier molecular flexibility index (Phi) is 6.40. The molecule has 2 atom stereocenters. The number of hydrogen-bond acceptors (Lipinski definition) is 7. The highest BCUT2D eigenvalue weighted by molar-refractivity contribution is 6.03. The first-order valence-corrected chi connectivity index (χ1v) is 10.9. The van der Waals surface area contributed by atoms with Crippen molar-refractivity contribution in [1.29, 1.82) is 0 Å². The van der Waals surface area contributed by atoms with E-state index in [0.717, 1.165) is 36.5 Å². The number of carboxylic acid groups (broad SMARTS) is 1. The number of nitrogens with zero attached hydrogens (tertiary/aromatic N) is 6. The van der Waals surface area contributed by atoms with Gasteiger partial charge >= 0.3 is 6.03 Å². The van der Waals surface area contributed by atoms with Gasteiger partial charge in [0, 0.05) is 49.2 Å². The van der Waals surface area contributed by atoms with Crippen molar-refractivity contribution in [3.63, 3.8) is 0 Å². The summed E-state index contributed by atoms with van der Waals surface area (Å²) in [6.07, 6.45) is 4.39. The lowest BCUT2D eigenvalue weighted by Crippen LogP contribution is -2.54. The summed E-state index contributed by atoms with van der Waals surface area (Å²) >= 11 is 0. The Balaban J connectivity index is 0.000000821. The standard InChI is InChI=1S/C21H26N8O.CH2O2/c1-13-10-27(11-14(2)23-13)18-6-8-22-20-17(18)7-9-28(20)21(30)25-16-4-5-19-24-15(3)26-29(19)12-16;2-1-3/h4-6,8,12-14,23H,7,9-11H2,1-3H3,(H,25,30);1H,(H,2,3)/t13-,14+;. The van der Waals surface area contributed by atoms with E-state index < -0.39 is 0 Å². The monoisotopic (exact) mass is 452 g/mol. The average molecular weight is 453 g/mol. The first-order valence-electron chi connectivity index (χ1n) is 10.9. The molecule has 1 saturated heterocycles. The van der Waals surface area contributed by atoms with E-state index in [1.807, 2.05) is 19.1 Å². The zero-order chi connectivity index (χ0) is 23.5. The summed E-state index contributed by atoms with van der Waals surface area (Å²) in [6, 6.07) is 6.42. The van der Waals surface area contributed by atoms with Crippen LogP contribution in [0.1, 0.15) is 25.2 Å². The molecule has 5 rings (SSSR count). The maximum atomic E-state index is 13.0. The van der Waals surface area contributed by atoms with Crippen molar-refractivity contribution in [2.45, 2.75) is 39.3 Å². The lowest BCUT2D eigenvalue weighted by Gasteiger charge is -2.38. The third kappa shape index (κ3) is 4.72. The van der Waals surface area contributed by atoms with Crippen LogP contribution in [-0.4, -0.2) is 68.9 Å². The zero-order valence-corrected chi connectivity index (χ0v) is 18.9. The second-order valence-corrected chi connectivity index (χ2v) is 8.32. The minimum absolute atomic E-state index is 0.184. The molecule has 0 saturated carbocycles. The molecule has 11 heteroatoms.